The monoisotopic (exact) mass is 275 g/mol. The number of benzene rings is 1. The smallest absolute Gasteiger partial charge is 0.119 e. The minimum atomic E-state index is -0.709. The molecule has 18 heavy (non-hydrogen) atoms. The number of hydrogen-bond donors (Lipinski definition) is 2. The van der Waals surface area contributed by atoms with E-state index in [-0.39, 0.29) is 18.2 Å². The number of nitrogens with two attached hydrogens (primary N) is 1. The van der Waals surface area contributed by atoms with E-state index in [0.29, 0.717) is 23.7 Å². The number of aliphatic hydroxyl groups excluding tert-OH is 1. The van der Waals surface area contributed by atoms with Crippen molar-refractivity contribution in [1.29, 1.82) is 0 Å². The Morgan fingerprint density at radius 2 is 2.11 bits per heavy atom. The molecule has 0 radical (unpaired) electrons. The topological polar surface area (TPSA) is 55.5 Å². The highest BCUT2D eigenvalue weighted by Crippen LogP contribution is 2.21. The Morgan fingerprint density at radius 3 is 2.67 bits per heavy atom. The van der Waals surface area contributed by atoms with Gasteiger partial charge in [-0.3, -0.25) is 0 Å². The Bertz CT molecular complexity index is 324. The van der Waals surface area contributed by atoms with E-state index < -0.39 is 6.10 Å². The fraction of sp³-hybridized carbons (Fsp3) is 0.538. The Hall–Kier alpha value is -0.780. The average molecular weight is 275 g/mol. The zero-order valence-electron chi connectivity index (χ0n) is 11.1. The number of ether oxygens (including phenoxy) is 1. The Balaban J connectivity index is 0.00000137. The van der Waals surface area contributed by atoms with Gasteiger partial charge in [0.15, 0.2) is 0 Å². The maximum absolute atomic E-state index is 11.8. The molecule has 0 saturated heterocycles. The molecule has 1 aromatic carbocycles. The molecular weight excluding hydrogens is 253 g/mol. The number of halogens is 1. The minimum absolute atomic E-state index is 0.242. The summed E-state index contributed by atoms with van der Waals surface area (Å²) in [5, 5.41) is 9.75. The van der Waals surface area contributed by atoms with Gasteiger partial charge in [-0.05, 0) is 24.6 Å². The van der Waals surface area contributed by atoms with Gasteiger partial charge in [-0.25, -0.2) is 0 Å². The van der Waals surface area contributed by atoms with Crippen molar-refractivity contribution in [2.75, 3.05) is 12.4 Å². The zero-order chi connectivity index (χ0) is 14.0. The van der Waals surface area contributed by atoms with Gasteiger partial charge >= 0.3 is 0 Å². The first-order valence-corrected chi connectivity index (χ1v) is 6.93. The van der Waals surface area contributed by atoms with Gasteiger partial charge in [-0.1, -0.05) is 26.0 Å². The lowest BCUT2D eigenvalue weighted by molar-refractivity contribution is 0.153. The fourth-order valence-electron chi connectivity index (χ4n) is 1.28. The van der Waals surface area contributed by atoms with E-state index in [2.05, 4.69) is 0 Å². The first kappa shape index (κ1) is 17.2. The van der Waals surface area contributed by atoms with Gasteiger partial charge < -0.3 is 15.6 Å². The van der Waals surface area contributed by atoms with Gasteiger partial charge in [-0.15, -0.1) is 0 Å². The third-order valence-electron chi connectivity index (χ3n) is 2.13. The highest BCUT2D eigenvalue weighted by atomic mass is 32.2. The molecule has 104 valence electrons. The van der Waals surface area contributed by atoms with E-state index in [1.165, 1.54) is 0 Å². The van der Waals surface area contributed by atoms with Gasteiger partial charge in [0.1, 0.15) is 5.75 Å². The van der Waals surface area contributed by atoms with Crippen LogP contribution in [0, 0.1) is 0 Å². The first-order chi connectivity index (χ1) is 8.65. The molecule has 2 atom stereocenters. The lowest BCUT2D eigenvalue weighted by atomic mass is 10.0. The van der Waals surface area contributed by atoms with Crippen LogP contribution in [0.15, 0.2) is 24.3 Å². The van der Waals surface area contributed by atoms with E-state index in [0.717, 1.165) is 0 Å². The van der Waals surface area contributed by atoms with Gasteiger partial charge in [-0.2, -0.15) is 3.89 Å². The van der Waals surface area contributed by atoms with Crippen molar-refractivity contribution >= 4 is 12.1 Å². The van der Waals surface area contributed by atoms with E-state index in [1.807, 2.05) is 13.8 Å². The summed E-state index contributed by atoms with van der Waals surface area (Å²) in [6.07, 6.45) is -0.709. The molecule has 0 saturated carbocycles. The molecule has 3 N–H and O–H groups in total. The van der Waals surface area contributed by atoms with E-state index in [1.54, 1.807) is 31.2 Å². The van der Waals surface area contributed by atoms with Gasteiger partial charge in [0.2, 0.25) is 0 Å². The second-order valence-corrected chi connectivity index (χ2v) is 4.16. The maximum Gasteiger partial charge on any atom is 0.119 e. The van der Waals surface area contributed by atoms with Crippen molar-refractivity contribution in [3.05, 3.63) is 29.8 Å². The predicted octanol–water partition coefficient (Wildman–Crippen LogP) is 3.09. The standard InChI is InChI=1S/C11H16FNO2S.C2H6/c1-8(13)11(14)9-3-2-4-10(7-9)15-5-6-16-12;1-2/h2-4,7-8,11,14H,5-6,13H2,1H3;1-2H3. The SMILES string of the molecule is CC.CC(N)C(O)c1cccc(OCCSF)c1. The quantitative estimate of drug-likeness (QED) is 0.783. The lowest BCUT2D eigenvalue weighted by Gasteiger charge is -2.15. The van der Waals surface area contributed by atoms with E-state index in [9.17, 15) is 8.99 Å². The fourth-order valence-corrected chi connectivity index (χ4v) is 1.43. The Labute approximate surface area is 113 Å². The molecule has 0 aliphatic carbocycles. The highest BCUT2D eigenvalue weighted by molar-refractivity contribution is 7.94. The summed E-state index contributed by atoms with van der Waals surface area (Å²) in [6.45, 7) is 6.04. The van der Waals surface area contributed by atoms with Crippen LogP contribution in [0.1, 0.15) is 32.4 Å². The van der Waals surface area contributed by atoms with Crippen molar-refractivity contribution in [2.45, 2.75) is 32.9 Å². The number of aliphatic hydroxyl groups is 1. The molecule has 0 heterocycles. The molecule has 0 bridgehead atoms. The van der Waals surface area contributed by atoms with Crippen molar-refractivity contribution in [3.63, 3.8) is 0 Å². The maximum atomic E-state index is 11.8. The van der Waals surface area contributed by atoms with Crippen LogP contribution in [0.4, 0.5) is 3.89 Å². The minimum Gasteiger partial charge on any atom is -0.493 e. The molecule has 0 fully saturated rings. The lowest BCUT2D eigenvalue weighted by Crippen LogP contribution is -2.24. The second kappa shape index (κ2) is 10.2. The normalized spacial score (nSPS) is 13.2. The number of hydrogen-bond acceptors (Lipinski definition) is 4. The third-order valence-corrected chi connectivity index (χ3v) is 2.45. The largest absolute Gasteiger partial charge is 0.493 e. The highest BCUT2D eigenvalue weighted by Gasteiger charge is 2.12. The summed E-state index contributed by atoms with van der Waals surface area (Å²) in [5.41, 5.74) is 6.30. The van der Waals surface area contributed by atoms with Crippen LogP contribution in [0.2, 0.25) is 0 Å². The Morgan fingerprint density at radius 1 is 1.44 bits per heavy atom. The molecule has 0 aromatic heterocycles. The summed E-state index contributed by atoms with van der Waals surface area (Å²) in [7, 11) is 0. The number of rotatable bonds is 6. The van der Waals surface area contributed by atoms with Crippen LogP contribution in [-0.4, -0.2) is 23.5 Å². The van der Waals surface area contributed by atoms with Crippen LogP contribution >= 0.6 is 12.1 Å². The van der Waals surface area contributed by atoms with Gasteiger partial charge in [0.25, 0.3) is 0 Å². The summed E-state index contributed by atoms with van der Waals surface area (Å²) in [5.74, 6) is 0.909. The van der Waals surface area contributed by atoms with E-state index >= 15 is 0 Å². The molecule has 0 aliphatic heterocycles. The zero-order valence-corrected chi connectivity index (χ0v) is 11.9. The van der Waals surface area contributed by atoms with Crippen LogP contribution in [0.25, 0.3) is 0 Å². The molecule has 1 rings (SSSR count). The van der Waals surface area contributed by atoms with Crippen LogP contribution in [-0.2, 0) is 0 Å². The second-order valence-electron chi connectivity index (χ2n) is 3.54. The van der Waals surface area contributed by atoms with Gasteiger partial charge in [0.05, 0.1) is 18.5 Å². The van der Waals surface area contributed by atoms with Crippen molar-refractivity contribution < 1.29 is 13.7 Å². The first-order valence-electron chi connectivity index (χ1n) is 6.05. The van der Waals surface area contributed by atoms with E-state index in [4.69, 9.17) is 10.5 Å². The third kappa shape index (κ3) is 6.23. The van der Waals surface area contributed by atoms with Crippen LogP contribution in [0.5, 0.6) is 5.75 Å². The van der Waals surface area contributed by atoms with Crippen molar-refractivity contribution in [3.8, 4) is 5.75 Å². The summed E-state index contributed by atoms with van der Waals surface area (Å²) in [6, 6.07) is 6.71. The Kier molecular flexibility index (Phi) is 9.73. The van der Waals surface area contributed by atoms with Crippen molar-refractivity contribution in [2.24, 2.45) is 5.73 Å². The molecule has 1 aromatic rings. The van der Waals surface area contributed by atoms with Crippen LogP contribution in [0.3, 0.4) is 0 Å². The van der Waals surface area contributed by atoms with Gasteiger partial charge in [0, 0.05) is 18.2 Å². The summed E-state index contributed by atoms with van der Waals surface area (Å²) in [4.78, 5) is 0. The molecule has 0 aliphatic rings. The molecule has 5 heteroatoms. The van der Waals surface area contributed by atoms with Crippen molar-refractivity contribution in [1.82, 2.24) is 0 Å². The predicted molar refractivity (Wildman–Crippen MR) is 75.5 cm³/mol. The molecular formula is C13H22FNO2S. The molecule has 0 spiro atoms. The molecule has 2 unspecified atom stereocenters. The molecule has 3 nitrogen and oxygen atoms in total. The van der Waals surface area contributed by atoms with Crippen LogP contribution < -0.4 is 10.5 Å². The molecule has 0 amide bonds. The summed E-state index contributed by atoms with van der Waals surface area (Å²) >= 11 is 0.242. The summed E-state index contributed by atoms with van der Waals surface area (Å²) < 4.78 is 17.1. The average Bonchev–Trinajstić information content (AvgIpc) is 2.41.